The first-order valence-electron chi connectivity index (χ1n) is 9.11. The van der Waals surface area contributed by atoms with Gasteiger partial charge in [-0.3, -0.25) is 0 Å². The minimum Gasteiger partial charge on any atom is -0.414 e. The zero-order chi connectivity index (χ0) is 18.6. The molecule has 136 valence electrons. The van der Waals surface area contributed by atoms with Crippen molar-refractivity contribution in [1.82, 2.24) is 0 Å². The number of piperazine rings is 1. The molecule has 0 N–H and O–H groups in total. The van der Waals surface area contributed by atoms with Crippen molar-refractivity contribution in [2.75, 3.05) is 36.0 Å². The normalized spacial score (nSPS) is 20.7. The number of hydrogen-bond acceptors (Lipinski definition) is 4. The van der Waals surface area contributed by atoms with Gasteiger partial charge in [0.05, 0.1) is 19.2 Å². The highest BCUT2D eigenvalue weighted by Gasteiger charge is 2.43. The summed E-state index contributed by atoms with van der Waals surface area (Å²) in [6.45, 7) is 9.25. The summed E-state index contributed by atoms with van der Waals surface area (Å²) >= 11 is 0. The van der Waals surface area contributed by atoms with Gasteiger partial charge in [-0.25, -0.2) is 0 Å². The van der Waals surface area contributed by atoms with Crippen LogP contribution in [0, 0.1) is 11.3 Å². The maximum Gasteiger partial charge on any atom is 0.183 e. The smallest absolute Gasteiger partial charge is 0.183 e. The van der Waals surface area contributed by atoms with Gasteiger partial charge in [-0.1, -0.05) is 36.4 Å². The molecule has 0 spiro atoms. The molecule has 1 atom stereocenters. The van der Waals surface area contributed by atoms with Gasteiger partial charge in [-0.15, -0.1) is 0 Å². The molecule has 3 rings (SSSR count). The van der Waals surface area contributed by atoms with Gasteiger partial charge in [0.2, 0.25) is 0 Å². The number of nitriles is 1. The highest BCUT2D eigenvalue weighted by atomic mass is 28.4. The third-order valence-corrected chi connectivity index (χ3v) is 5.71. The summed E-state index contributed by atoms with van der Waals surface area (Å²) in [7, 11) is -1.73. The van der Waals surface area contributed by atoms with E-state index in [-0.39, 0.29) is 0 Å². The van der Waals surface area contributed by atoms with E-state index >= 15 is 0 Å². The van der Waals surface area contributed by atoms with Gasteiger partial charge in [0, 0.05) is 24.5 Å². The molecule has 2 aromatic carbocycles. The predicted octanol–water partition coefficient (Wildman–Crippen LogP) is 4.13. The predicted molar refractivity (Wildman–Crippen MR) is 110 cm³/mol. The molecule has 0 aromatic heterocycles. The molecule has 0 amide bonds. The summed E-state index contributed by atoms with van der Waals surface area (Å²) in [5.41, 5.74) is 1.55. The lowest BCUT2D eigenvalue weighted by Crippen LogP contribution is -2.65. The van der Waals surface area contributed by atoms with E-state index in [1.54, 1.807) is 0 Å². The quantitative estimate of drug-likeness (QED) is 0.747. The maximum absolute atomic E-state index is 10.3. The molecule has 0 saturated carbocycles. The lowest BCUT2D eigenvalue weighted by atomic mass is 9.95. The van der Waals surface area contributed by atoms with Crippen molar-refractivity contribution in [2.24, 2.45) is 0 Å². The number of anilines is 2. The minimum atomic E-state index is -1.73. The molecular formula is C21H27N3OSi. The second kappa shape index (κ2) is 7.53. The van der Waals surface area contributed by atoms with Crippen molar-refractivity contribution >= 4 is 19.7 Å². The number of hydrogen-bond donors (Lipinski definition) is 0. The van der Waals surface area contributed by atoms with E-state index in [9.17, 15) is 5.26 Å². The SMILES string of the molecule is C[Si](C)(C)OC[C@]1(C#N)CN(c2ccccc2)CCN1c1ccccc1. The van der Waals surface area contributed by atoms with E-state index in [0.29, 0.717) is 13.2 Å². The van der Waals surface area contributed by atoms with E-state index in [1.807, 2.05) is 36.4 Å². The van der Waals surface area contributed by atoms with Crippen LogP contribution in [0.5, 0.6) is 0 Å². The summed E-state index contributed by atoms with van der Waals surface area (Å²) in [5, 5.41) is 10.3. The van der Waals surface area contributed by atoms with Crippen LogP contribution in [0.25, 0.3) is 0 Å². The Morgan fingerprint density at radius 3 is 2.08 bits per heavy atom. The third-order valence-electron chi connectivity index (χ3n) is 4.70. The first-order chi connectivity index (χ1) is 12.4. The van der Waals surface area contributed by atoms with Crippen molar-refractivity contribution in [3.63, 3.8) is 0 Å². The van der Waals surface area contributed by atoms with Crippen molar-refractivity contribution < 1.29 is 4.43 Å². The average molecular weight is 366 g/mol. The standard InChI is InChI=1S/C21H27N3OSi/c1-26(2,3)25-18-21(16-22)17-23(19-10-6-4-7-11-19)14-15-24(21)20-12-8-5-9-13-20/h4-13H,14-15,17-18H2,1-3H3/t21-/m0/s1. The van der Waals surface area contributed by atoms with Gasteiger partial charge in [-0.05, 0) is 43.9 Å². The summed E-state index contributed by atoms with van der Waals surface area (Å²) in [4.78, 5) is 4.53. The fourth-order valence-electron chi connectivity index (χ4n) is 3.35. The molecule has 1 aliphatic rings. The van der Waals surface area contributed by atoms with Gasteiger partial charge < -0.3 is 14.2 Å². The van der Waals surface area contributed by atoms with Crippen LogP contribution >= 0.6 is 0 Å². The number of para-hydroxylation sites is 2. The van der Waals surface area contributed by atoms with Gasteiger partial charge in [-0.2, -0.15) is 5.26 Å². The first-order valence-corrected chi connectivity index (χ1v) is 12.5. The van der Waals surface area contributed by atoms with E-state index < -0.39 is 13.9 Å². The van der Waals surface area contributed by atoms with Crippen LogP contribution < -0.4 is 9.80 Å². The highest BCUT2D eigenvalue weighted by molar-refractivity contribution is 6.69. The van der Waals surface area contributed by atoms with E-state index in [4.69, 9.17) is 4.43 Å². The Kier molecular flexibility index (Phi) is 5.35. The Hall–Kier alpha value is -2.29. The summed E-state index contributed by atoms with van der Waals surface area (Å²) < 4.78 is 6.25. The Labute approximate surface area is 157 Å². The van der Waals surface area contributed by atoms with Gasteiger partial charge in [0.15, 0.2) is 13.9 Å². The Bertz CT molecular complexity index is 754. The molecule has 0 radical (unpaired) electrons. The molecule has 1 saturated heterocycles. The molecule has 0 aliphatic carbocycles. The second-order valence-corrected chi connectivity index (χ2v) is 12.3. The number of benzene rings is 2. The maximum atomic E-state index is 10.3. The zero-order valence-electron chi connectivity index (χ0n) is 15.9. The van der Waals surface area contributed by atoms with Crippen LogP contribution in [0.3, 0.4) is 0 Å². The van der Waals surface area contributed by atoms with Crippen molar-refractivity contribution in [1.29, 1.82) is 5.26 Å². The van der Waals surface area contributed by atoms with Gasteiger partial charge in [0.1, 0.15) is 0 Å². The van der Waals surface area contributed by atoms with Crippen LogP contribution in [0.2, 0.25) is 19.6 Å². The molecule has 2 aromatic rings. The molecule has 26 heavy (non-hydrogen) atoms. The second-order valence-electron chi connectivity index (χ2n) is 7.79. The highest BCUT2D eigenvalue weighted by Crippen LogP contribution is 2.31. The number of rotatable bonds is 5. The summed E-state index contributed by atoms with van der Waals surface area (Å²) in [5.74, 6) is 0. The Morgan fingerprint density at radius 1 is 0.962 bits per heavy atom. The fourth-order valence-corrected chi connectivity index (χ4v) is 4.02. The lowest BCUT2D eigenvalue weighted by molar-refractivity contribution is 0.231. The molecule has 4 nitrogen and oxygen atoms in total. The van der Waals surface area contributed by atoms with Crippen LogP contribution in [0.4, 0.5) is 11.4 Å². The summed E-state index contributed by atoms with van der Waals surface area (Å²) in [6, 6.07) is 23.2. The van der Waals surface area contributed by atoms with Crippen molar-refractivity contribution in [3.8, 4) is 6.07 Å². The molecule has 0 unspecified atom stereocenters. The molecular weight excluding hydrogens is 338 g/mol. The van der Waals surface area contributed by atoms with E-state index in [2.05, 4.69) is 59.8 Å². The zero-order valence-corrected chi connectivity index (χ0v) is 16.9. The molecule has 1 aliphatic heterocycles. The molecule has 1 fully saturated rings. The third kappa shape index (κ3) is 4.09. The van der Waals surface area contributed by atoms with Crippen molar-refractivity contribution in [2.45, 2.75) is 25.2 Å². The monoisotopic (exact) mass is 365 g/mol. The average Bonchev–Trinajstić information content (AvgIpc) is 2.67. The van der Waals surface area contributed by atoms with E-state index in [0.717, 1.165) is 24.5 Å². The minimum absolute atomic E-state index is 0.428. The van der Waals surface area contributed by atoms with Crippen LogP contribution in [-0.2, 0) is 4.43 Å². The van der Waals surface area contributed by atoms with Crippen molar-refractivity contribution in [3.05, 3.63) is 60.7 Å². The molecule has 0 bridgehead atoms. The van der Waals surface area contributed by atoms with Crippen LogP contribution in [-0.4, -0.2) is 40.1 Å². The summed E-state index contributed by atoms with van der Waals surface area (Å²) in [6.07, 6.45) is 0. The molecule has 5 heteroatoms. The van der Waals surface area contributed by atoms with Crippen LogP contribution in [0.1, 0.15) is 0 Å². The Balaban J connectivity index is 1.93. The Morgan fingerprint density at radius 2 is 1.54 bits per heavy atom. The van der Waals surface area contributed by atoms with Crippen LogP contribution in [0.15, 0.2) is 60.7 Å². The largest absolute Gasteiger partial charge is 0.414 e. The van der Waals surface area contributed by atoms with Gasteiger partial charge >= 0.3 is 0 Å². The fraction of sp³-hybridized carbons (Fsp3) is 0.381. The number of nitrogens with zero attached hydrogens (tertiary/aromatic N) is 3. The van der Waals surface area contributed by atoms with E-state index in [1.165, 1.54) is 0 Å². The first kappa shape index (κ1) is 18.5. The topological polar surface area (TPSA) is 39.5 Å². The lowest BCUT2D eigenvalue weighted by Gasteiger charge is -2.49. The van der Waals surface area contributed by atoms with Gasteiger partial charge in [0.25, 0.3) is 0 Å². The molecule has 1 heterocycles.